The van der Waals surface area contributed by atoms with Crippen molar-refractivity contribution in [1.82, 2.24) is 4.57 Å². The van der Waals surface area contributed by atoms with Crippen molar-refractivity contribution in [2.45, 2.75) is 26.8 Å². The van der Waals surface area contributed by atoms with Gasteiger partial charge in [0.1, 0.15) is 0 Å². The van der Waals surface area contributed by atoms with Gasteiger partial charge in [-0.25, -0.2) is 0 Å². The number of hydrogen-bond acceptors (Lipinski definition) is 1. The van der Waals surface area contributed by atoms with E-state index in [2.05, 4.69) is 85.3 Å². The Bertz CT molecular complexity index is 1060. The quantitative estimate of drug-likeness (QED) is 0.406. The maximum absolute atomic E-state index is 11.7. The summed E-state index contributed by atoms with van der Waals surface area (Å²) in [5.74, 6) is 0.0956. The van der Waals surface area contributed by atoms with E-state index in [1.165, 1.54) is 22.3 Å². The lowest BCUT2D eigenvalue weighted by molar-refractivity contribution is 0.101. The Balaban J connectivity index is 1.90. The number of aromatic nitrogens is 1. The van der Waals surface area contributed by atoms with E-state index in [-0.39, 0.29) is 11.8 Å². The van der Waals surface area contributed by atoms with E-state index in [0.717, 1.165) is 16.5 Å². The van der Waals surface area contributed by atoms with Crippen LogP contribution in [0.3, 0.4) is 0 Å². The zero-order chi connectivity index (χ0) is 19.0. The van der Waals surface area contributed by atoms with Crippen molar-refractivity contribution in [1.29, 1.82) is 0 Å². The van der Waals surface area contributed by atoms with E-state index in [1.807, 2.05) is 12.1 Å². The molecule has 134 valence electrons. The molecule has 3 aromatic carbocycles. The van der Waals surface area contributed by atoms with E-state index in [4.69, 9.17) is 0 Å². The third-order valence-corrected chi connectivity index (χ3v) is 5.19. The number of hydrogen-bond donors (Lipinski definition) is 0. The van der Waals surface area contributed by atoms with Crippen molar-refractivity contribution in [3.63, 3.8) is 0 Å². The van der Waals surface area contributed by atoms with Crippen LogP contribution in [-0.4, -0.2) is 10.4 Å². The van der Waals surface area contributed by atoms with Gasteiger partial charge in [-0.3, -0.25) is 4.79 Å². The lowest BCUT2D eigenvalue weighted by Crippen LogP contribution is -2.11. The molecule has 0 saturated carbocycles. The molecular formula is C25H23NO. The Kier molecular flexibility index (Phi) is 4.41. The molecule has 4 aromatic rings. The second-order valence-corrected chi connectivity index (χ2v) is 7.28. The third kappa shape index (κ3) is 3.31. The molecule has 1 aromatic heterocycles. The van der Waals surface area contributed by atoms with E-state index in [9.17, 15) is 4.79 Å². The van der Waals surface area contributed by atoms with Gasteiger partial charge < -0.3 is 4.57 Å². The number of carbonyl (C=O) groups is 1. The van der Waals surface area contributed by atoms with Gasteiger partial charge in [-0.15, -0.1) is 0 Å². The van der Waals surface area contributed by atoms with E-state index in [0.29, 0.717) is 0 Å². The molecule has 27 heavy (non-hydrogen) atoms. The fourth-order valence-electron chi connectivity index (χ4n) is 3.62. The predicted octanol–water partition coefficient (Wildman–Crippen LogP) is 6.10. The zero-order valence-electron chi connectivity index (χ0n) is 15.9. The van der Waals surface area contributed by atoms with Crippen LogP contribution in [-0.2, 0) is 0 Å². The molecule has 1 heterocycles. The maximum atomic E-state index is 11.7. The summed E-state index contributed by atoms with van der Waals surface area (Å²) in [4.78, 5) is 11.7. The Morgan fingerprint density at radius 3 is 1.85 bits per heavy atom. The Hall–Kier alpha value is -3.13. The molecule has 0 fully saturated rings. The average Bonchev–Trinajstić information content (AvgIpc) is 3.08. The van der Waals surface area contributed by atoms with Crippen LogP contribution in [0.15, 0.2) is 79.0 Å². The highest BCUT2D eigenvalue weighted by Crippen LogP contribution is 2.31. The SMILES string of the molecule is CC(=O)c1ccc2c(ccn2C(c2ccc(C)cc2)c2ccc(C)cc2)c1. The monoisotopic (exact) mass is 353 g/mol. The third-order valence-electron chi connectivity index (χ3n) is 5.19. The molecule has 0 N–H and O–H groups in total. The number of ketones is 1. The predicted molar refractivity (Wildman–Crippen MR) is 112 cm³/mol. The van der Waals surface area contributed by atoms with Crippen LogP contribution < -0.4 is 0 Å². The first-order valence-corrected chi connectivity index (χ1v) is 9.27. The molecule has 4 rings (SSSR count). The Labute approximate surface area is 160 Å². The zero-order valence-corrected chi connectivity index (χ0v) is 15.9. The van der Waals surface area contributed by atoms with Crippen LogP contribution in [0.5, 0.6) is 0 Å². The van der Waals surface area contributed by atoms with E-state index >= 15 is 0 Å². The van der Waals surface area contributed by atoms with Crippen molar-refractivity contribution in [2.24, 2.45) is 0 Å². The van der Waals surface area contributed by atoms with Crippen LogP contribution in [0.1, 0.15) is 45.6 Å². The molecule has 0 atom stereocenters. The van der Waals surface area contributed by atoms with Crippen LogP contribution in [0.4, 0.5) is 0 Å². The summed E-state index contributed by atoms with van der Waals surface area (Å²) in [6.07, 6.45) is 2.12. The number of carbonyl (C=O) groups excluding carboxylic acids is 1. The van der Waals surface area contributed by atoms with Gasteiger partial charge in [0, 0.05) is 22.7 Å². The number of nitrogens with zero attached hydrogens (tertiary/aromatic N) is 1. The summed E-state index contributed by atoms with van der Waals surface area (Å²) >= 11 is 0. The Morgan fingerprint density at radius 1 is 0.778 bits per heavy atom. The van der Waals surface area contributed by atoms with Crippen molar-refractivity contribution in [2.75, 3.05) is 0 Å². The summed E-state index contributed by atoms with van der Waals surface area (Å²) < 4.78 is 2.30. The standard InChI is InChI=1S/C25H23NO/c1-17-4-8-20(9-5-17)25(21-10-6-18(2)7-11-21)26-15-14-23-16-22(19(3)27)12-13-24(23)26/h4-16,25H,1-3H3. The van der Waals surface area contributed by atoms with Gasteiger partial charge in [-0.2, -0.15) is 0 Å². The van der Waals surface area contributed by atoms with Gasteiger partial charge in [0.25, 0.3) is 0 Å². The lowest BCUT2D eigenvalue weighted by Gasteiger charge is -2.22. The van der Waals surface area contributed by atoms with Crippen molar-refractivity contribution < 1.29 is 4.79 Å². The molecule has 0 radical (unpaired) electrons. The van der Waals surface area contributed by atoms with Gasteiger partial charge >= 0.3 is 0 Å². The summed E-state index contributed by atoms with van der Waals surface area (Å²) in [6, 6.07) is 25.6. The molecule has 0 aliphatic rings. The first-order valence-electron chi connectivity index (χ1n) is 9.27. The van der Waals surface area contributed by atoms with Crippen molar-refractivity contribution >= 4 is 16.7 Å². The second kappa shape index (κ2) is 6.88. The van der Waals surface area contributed by atoms with E-state index < -0.39 is 0 Å². The van der Waals surface area contributed by atoms with E-state index in [1.54, 1.807) is 6.92 Å². The average molecular weight is 353 g/mol. The van der Waals surface area contributed by atoms with Crippen molar-refractivity contribution in [3.05, 3.63) is 107 Å². The van der Waals surface area contributed by atoms with Gasteiger partial charge in [0.2, 0.25) is 0 Å². The largest absolute Gasteiger partial charge is 0.336 e. The van der Waals surface area contributed by atoms with Gasteiger partial charge in [0.15, 0.2) is 5.78 Å². The molecule has 0 saturated heterocycles. The number of fused-ring (bicyclic) bond motifs is 1. The smallest absolute Gasteiger partial charge is 0.159 e. The van der Waals surface area contributed by atoms with Gasteiger partial charge in [-0.05, 0) is 56.2 Å². The minimum absolute atomic E-state index is 0.0897. The fourth-order valence-corrected chi connectivity index (χ4v) is 3.62. The molecule has 0 amide bonds. The van der Waals surface area contributed by atoms with Crippen LogP contribution >= 0.6 is 0 Å². The molecule has 0 aliphatic heterocycles. The molecule has 0 unspecified atom stereocenters. The highest BCUT2D eigenvalue weighted by Gasteiger charge is 2.18. The molecule has 0 aliphatic carbocycles. The number of Topliss-reactive ketones (excluding diaryl/α,β-unsaturated/α-hetero) is 1. The molecule has 2 nitrogen and oxygen atoms in total. The van der Waals surface area contributed by atoms with Gasteiger partial charge in [-0.1, -0.05) is 59.7 Å². The number of benzene rings is 3. The minimum atomic E-state index is 0.0897. The van der Waals surface area contributed by atoms with Crippen LogP contribution in [0, 0.1) is 13.8 Å². The van der Waals surface area contributed by atoms with Crippen LogP contribution in [0.2, 0.25) is 0 Å². The Morgan fingerprint density at radius 2 is 1.33 bits per heavy atom. The summed E-state index contributed by atoms with van der Waals surface area (Å²) in [5.41, 5.74) is 6.89. The molecule has 0 bridgehead atoms. The minimum Gasteiger partial charge on any atom is -0.336 e. The summed E-state index contributed by atoms with van der Waals surface area (Å²) in [5, 5.41) is 1.09. The topological polar surface area (TPSA) is 22.0 Å². The highest BCUT2D eigenvalue weighted by atomic mass is 16.1. The normalized spacial score (nSPS) is 11.3. The number of rotatable bonds is 4. The summed E-state index contributed by atoms with van der Waals surface area (Å²) in [6.45, 7) is 5.83. The molecular weight excluding hydrogens is 330 g/mol. The van der Waals surface area contributed by atoms with Crippen LogP contribution in [0.25, 0.3) is 10.9 Å². The van der Waals surface area contributed by atoms with Crippen molar-refractivity contribution in [3.8, 4) is 0 Å². The first kappa shape index (κ1) is 17.3. The molecule has 0 spiro atoms. The number of aryl methyl sites for hydroxylation is 2. The maximum Gasteiger partial charge on any atom is 0.159 e. The fraction of sp³-hybridized carbons (Fsp3) is 0.160. The molecule has 2 heteroatoms. The van der Waals surface area contributed by atoms with Gasteiger partial charge in [0.05, 0.1) is 6.04 Å². The first-order chi connectivity index (χ1) is 13.0. The highest BCUT2D eigenvalue weighted by molar-refractivity contribution is 5.98. The summed E-state index contributed by atoms with van der Waals surface area (Å²) in [7, 11) is 0. The lowest BCUT2D eigenvalue weighted by atomic mass is 9.96. The second-order valence-electron chi connectivity index (χ2n) is 7.28.